The van der Waals surface area contributed by atoms with Crippen molar-refractivity contribution in [3.63, 3.8) is 0 Å². The number of nitrogens with one attached hydrogen (secondary N) is 1. The van der Waals surface area contributed by atoms with Crippen LogP contribution in [0.3, 0.4) is 0 Å². The molecule has 1 amide bonds. The zero-order valence-electron chi connectivity index (χ0n) is 13.7. The van der Waals surface area contributed by atoms with Crippen LogP contribution in [0.2, 0.25) is 0 Å². The lowest BCUT2D eigenvalue weighted by Crippen LogP contribution is -2.28. The van der Waals surface area contributed by atoms with Gasteiger partial charge in [-0.25, -0.2) is 4.39 Å². The summed E-state index contributed by atoms with van der Waals surface area (Å²) in [4.78, 5) is 28.8. The van der Waals surface area contributed by atoms with E-state index in [9.17, 15) is 14.0 Å². The van der Waals surface area contributed by atoms with E-state index in [4.69, 9.17) is 4.52 Å². The molecule has 8 heteroatoms. The first kappa shape index (κ1) is 16.2. The van der Waals surface area contributed by atoms with Gasteiger partial charge in [-0.3, -0.25) is 14.2 Å². The maximum Gasteiger partial charge on any atom is 0.274 e. The quantitative estimate of drug-likeness (QED) is 0.760. The topological polar surface area (TPSA) is 90.0 Å². The van der Waals surface area contributed by atoms with Gasteiger partial charge in [0.05, 0.1) is 5.69 Å². The summed E-state index contributed by atoms with van der Waals surface area (Å²) in [5.74, 6) is 0.0155. The maximum atomic E-state index is 13.7. The molecule has 1 N–H and O–H groups in total. The van der Waals surface area contributed by atoms with Crippen LogP contribution in [0.15, 0.2) is 51.8 Å². The van der Waals surface area contributed by atoms with Crippen LogP contribution in [0.5, 0.6) is 0 Å². The molecular formula is C18H15FN4O3. The Morgan fingerprint density at radius 3 is 2.81 bits per heavy atom. The summed E-state index contributed by atoms with van der Waals surface area (Å²) in [5, 5.41) is 6.39. The molecule has 1 saturated carbocycles. The number of pyridine rings is 1. The Balaban J connectivity index is 1.60. The average molecular weight is 354 g/mol. The van der Waals surface area contributed by atoms with E-state index in [0.717, 1.165) is 12.8 Å². The van der Waals surface area contributed by atoms with Gasteiger partial charge in [-0.2, -0.15) is 4.98 Å². The molecule has 1 fully saturated rings. The van der Waals surface area contributed by atoms with Gasteiger partial charge in [0.1, 0.15) is 18.1 Å². The molecule has 0 unspecified atom stereocenters. The van der Waals surface area contributed by atoms with Crippen molar-refractivity contribution >= 4 is 11.6 Å². The minimum atomic E-state index is -0.549. The van der Waals surface area contributed by atoms with Gasteiger partial charge in [0.2, 0.25) is 5.91 Å². The minimum Gasteiger partial charge on any atom is -0.332 e. The zero-order chi connectivity index (χ0) is 18.1. The van der Waals surface area contributed by atoms with Crippen LogP contribution in [0, 0.1) is 5.82 Å². The Kier molecular flexibility index (Phi) is 4.08. The van der Waals surface area contributed by atoms with Crippen LogP contribution in [0.4, 0.5) is 10.1 Å². The molecule has 4 rings (SSSR count). The largest absolute Gasteiger partial charge is 0.332 e. The maximum absolute atomic E-state index is 13.7. The number of carbonyl (C=O) groups is 1. The molecule has 0 atom stereocenters. The number of para-hydroxylation sites is 1. The fourth-order valence-electron chi connectivity index (χ4n) is 2.61. The number of halogens is 1. The molecule has 26 heavy (non-hydrogen) atoms. The normalized spacial score (nSPS) is 13.6. The van der Waals surface area contributed by atoms with Gasteiger partial charge >= 0.3 is 0 Å². The lowest BCUT2D eigenvalue weighted by molar-refractivity contribution is -0.116. The highest BCUT2D eigenvalue weighted by atomic mass is 19.1. The third kappa shape index (κ3) is 3.26. The molecule has 132 valence electrons. The van der Waals surface area contributed by atoms with Gasteiger partial charge in [-0.15, -0.1) is 0 Å². The van der Waals surface area contributed by atoms with E-state index >= 15 is 0 Å². The van der Waals surface area contributed by atoms with Crippen LogP contribution >= 0.6 is 0 Å². The van der Waals surface area contributed by atoms with E-state index in [0.29, 0.717) is 17.4 Å². The summed E-state index contributed by atoms with van der Waals surface area (Å²) in [5.41, 5.74) is 0.00905. The number of nitrogens with zero attached hydrogens (tertiary/aromatic N) is 3. The first-order valence-electron chi connectivity index (χ1n) is 8.20. The van der Waals surface area contributed by atoms with E-state index in [-0.39, 0.29) is 18.1 Å². The minimum absolute atomic E-state index is 0.0526. The number of rotatable bonds is 5. The monoisotopic (exact) mass is 354 g/mol. The van der Waals surface area contributed by atoms with Gasteiger partial charge in [-0.05, 0) is 31.0 Å². The van der Waals surface area contributed by atoms with Crippen molar-refractivity contribution in [2.45, 2.75) is 25.3 Å². The number of anilines is 1. The molecule has 0 saturated heterocycles. The standard InChI is InChI=1S/C18H15FN4O3/c19-12-4-1-2-5-13(12)20-15(24)10-23-14(6-3-7-16(23)25)18-21-17(22-26-18)11-8-9-11/h1-7,11H,8-10H2,(H,20,24). The second-order valence-corrected chi connectivity index (χ2v) is 6.10. The van der Waals surface area contributed by atoms with Crippen LogP contribution in [-0.4, -0.2) is 20.6 Å². The van der Waals surface area contributed by atoms with Crippen LogP contribution < -0.4 is 10.9 Å². The summed E-state index contributed by atoms with van der Waals surface area (Å²) in [6, 6.07) is 10.3. The number of benzene rings is 1. The molecule has 2 aromatic heterocycles. The predicted octanol–water partition coefficient (Wildman–Crippen LogP) is 2.55. The zero-order valence-corrected chi connectivity index (χ0v) is 13.7. The Hall–Kier alpha value is -3.29. The Morgan fingerprint density at radius 1 is 1.23 bits per heavy atom. The summed E-state index contributed by atoms with van der Waals surface area (Å²) < 4.78 is 20.2. The van der Waals surface area contributed by atoms with E-state index in [1.807, 2.05) is 0 Å². The first-order chi connectivity index (χ1) is 12.6. The number of aromatic nitrogens is 3. The predicted molar refractivity (Wildman–Crippen MR) is 91.0 cm³/mol. The number of hydrogen-bond acceptors (Lipinski definition) is 5. The highest BCUT2D eigenvalue weighted by Crippen LogP contribution is 2.38. The van der Waals surface area contributed by atoms with Crippen molar-refractivity contribution < 1.29 is 13.7 Å². The fourth-order valence-corrected chi connectivity index (χ4v) is 2.61. The lowest BCUT2D eigenvalue weighted by atomic mass is 10.3. The van der Waals surface area contributed by atoms with Crippen LogP contribution in [-0.2, 0) is 11.3 Å². The number of amides is 1. The Morgan fingerprint density at radius 2 is 2.04 bits per heavy atom. The highest BCUT2D eigenvalue weighted by molar-refractivity contribution is 5.90. The van der Waals surface area contributed by atoms with Crippen molar-refractivity contribution in [3.8, 4) is 11.6 Å². The average Bonchev–Trinajstić information content (AvgIpc) is 3.36. The van der Waals surface area contributed by atoms with Gasteiger partial charge in [0, 0.05) is 12.0 Å². The van der Waals surface area contributed by atoms with Crippen LogP contribution in [0.25, 0.3) is 11.6 Å². The molecule has 0 radical (unpaired) electrons. The smallest absolute Gasteiger partial charge is 0.274 e. The molecule has 1 aliphatic rings. The van der Waals surface area contributed by atoms with Gasteiger partial charge in [0.15, 0.2) is 5.82 Å². The molecule has 2 heterocycles. The van der Waals surface area contributed by atoms with E-state index < -0.39 is 17.3 Å². The SMILES string of the molecule is O=C(Cn1c(-c2nc(C3CC3)no2)cccc1=O)Nc1ccccc1F. The second kappa shape index (κ2) is 6.55. The summed E-state index contributed by atoms with van der Waals surface area (Å²) in [7, 11) is 0. The summed E-state index contributed by atoms with van der Waals surface area (Å²) in [6.45, 7) is -0.301. The van der Waals surface area contributed by atoms with E-state index in [2.05, 4.69) is 15.5 Å². The molecule has 0 spiro atoms. The molecule has 0 aliphatic heterocycles. The van der Waals surface area contributed by atoms with Crippen molar-refractivity contribution in [2.75, 3.05) is 5.32 Å². The Labute approximate surface area is 147 Å². The van der Waals surface area contributed by atoms with Gasteiger partial charge < -0.3 is 9.84 Å². The highest BCUT2D eigenvalue weighted by Gasteiger charge is 2.29. The number of carbonyl (C=O) groups excluding carboxylic acids is 1. The number of hydrogen-bond donors (Lipinski definition) is 1. The fraction of sp³-hybridized carbons (Fsp3) is 0.222. The van der Waals surface area contributed by atoms with Gasteiger partial charge in [-0.1, -0.05) is 23.4 Å². The molecule has 0 bridgehead atoms. The molecule has 1 aliphatic carbocycles. The van der Waals surface area contributed by atoms with Crippen molar-refractivity contribution in [1.29, 1.82) is 0 Å². The molecule has 1 aromatic carbocycles. The lowest BCUT2D eigenvalue weighted by Gasteiger charge is -2.10. The second-order valence-electron chi connectivity index (χ2n) is 6.10. The third-order valence-corrected chi connectivity index (χ3v) is 4.10. The van der Waals surface area contributed by atoms with Crippen molar-refractivity contribution in [2.24, 2.45) is 0 Å². The van der Waals surface area contributed by atoms with Gasteiger partial charge in [0.25, 0.3) is 11.4 Å². The van der Waals surface area contributed by atoms with Crippen molar-refractivity contribution in [1.82, 2.24) is 14.7 Å². The third-order valence-electron chi connectivity index (χ3n) is 4.10. The summed E-state index contributed by atoms with van der Waals surface area (Å²) in [6.07, 6.45) is 2.04. The molecular weight excluding hydrogens is 339 g/mol. The first-order valence-corrected chi connectivity index (χ1v) is 8.20. The molecule has 3 aromatic rings. The van der Waals surface area contributed by atoms with Crippen molar-refractivity contribution in [3.05, 3.63) is 64.5 Å². The van der Waals surface area contributed by atoms with E-state index in [1.54, 1.807) is 18.2 Å². The summed E-state index contributed by atoms with van der Waals surface area (Å²) >= 11 is 0. The molecule has 7 nitrogen and oxygen atoms in total. The van der Waals surface area contributed by atoms with E-state index in [1.165, 1.54) is 28.8 Å². The van der Waals surface area contributed by atoms with Crippen LogP contribution in [0.1, 0.15) is 24.6 Å². The Bertz CT molecular complexity index is 1020.